The molecule has 0 saturated carbocycles. The van der Waals surface area contributed by atoms with Crippen LogP contribution in [-0.4, -0.2) is 43.7 Å². The maximum Gasteiger partial charge on any atom is 0.133 e. The highest BCUT2D eigenvalue weighted by Crippen LogP contribution is 2.23. The van der Waals surface area contributed by atoms with Gasteiger partial charge < -0.3 is 15.0 Å². The highest BCUT2D eigenvalue weighted by atomic mass is 79.9. The summed E-state index contributed by atoms with van der Waals surface area (Å²) in [6.07, 6.45) is 1.08. The summed E-state index contributed by atoms with van der Waals surface area (Å²) in [6.45, 7) is 7.54. The van der Waals surface area contributed by atoms with Gasteiger partial charge in [0.25, 0.3) is 0 Å². The van der Waals surface area contributed by atoms with Gasteiger partial charge in [0, 0.05) is 32.2 Å². The van der Waals surface area contributed by atoms with Crippen LogP contribution in [0.5, 0.6) is 5.75 Å². The van der Waals surface area contributed by atoms with E-state index in [1.54, 1.807) is 0 Å². The van der Waals surface area contributed by atoms with Crippen LogP contribution in [0, 0.1) is 0 Å². The number of hydrogen-bond acceptors (Lipinski definition) is 3. The van der Waals surface area contributed by atoms with Gasteiger partial charge in [-0.1, -0.05) is 12.1 Å². The van der Waals surface area contributed by atoms with Gasteiger partial charge in [0.1, 0.15) is 5.75 Å². The molecule has 0 amide bonds. The molecule has 0 spiro atoms. The minimum Gasteiger partial charge on any atom is -0.492 e. The summed E-state index contributed by atoms with van der Waals surface area (Å²) in [5, 5.41) is 3.46. The van der Waals surface area contributed by atoms with Crippen molar-refractivity contribution < 1.29 is 4.74 Å². The van der Waals surface area contributed by atoms with Gasteiger partial charge in [-0.15, -0.1) is 24.8 Å². The van der Waals surface area contributed by atoms with Gasteiger partial charge in [0.05, 0.1) is 11.1 Å². The van der Waals surface area contributed by atoms with E-state index in [9.17, 15) is 0 Å². The summed E-state index contributed by atoms with van der Waals surface area (Å²) in [4.78, 5) is 2.50. The molecule has 0 bridgehead atoms. The quantitative estimate of drug-likeness (QED) is 0.786. The molecule has 3 nitrogen and oxygen atoms in total. The van der Waals surface area contributed by atoms with Crippen molar-refractivity contribution in [3.05, 3.63) is 28.7 Å². The molecule has 0 radical (unpaired) electrons. The second kappa shape index (κ2) is 10.7. The topological polar surface area (TPSA) is 24.5 Å². The SMILES string of the molecule is CC1CN(CCCOc2ccccc2Br)CCN1.Cl.Cl. The summed E-state index contributed by atoms with van der Waals surface area (Å²) in [5.41, 5.74) is 0. The first-order chi connectivity index (χ1) is 8.75. The molecule has 1 unspecified atom stereocenters. The van der Waals surface area contributed by atoms with Gasteiger partial charge in [-0.2, -0.15) is 0 Å². The maximum absolute atomic E-state index is 5.77. The summed E-state index contributed by atoms with van der Waals surface area (Å²) in [6, 6.07) is 8.62. The Hall–Kier alpha value is -0.000000000000000111. The predicted octanol–water partition coefficient (Wildman–Crippen LogP) is 3.36. The lowest BCUT2D eigenvalue weighted by molar-refractivity contribution is 0.189. The number of halogens is 3. The zero-order valence-corrected chi connectivity index (χ0v) is 14.9. The average Bonchev–Trinajstić information content (AvgIpc) is 2.37. The lowest BCUT2D eigenvalue weighted by Gasteiger charge is -2.31. The molecule has 2 rings (SSSR count). The van der Waals surface area contributed by atoms with Crippen LogP contribution in [0.2, 0.25) is 0 Å². The highest BCUT2D eigenvalue weighted by molar-refractivity contribution is 9.10. The summed E-state index contributed by atoms with van der Waals surface area (Å²) in [7, 11) is 0. The third-order valence-electron chi connectivity index (χ3n) is 3.17. The molecular weight excluding hydrogens is 363 g/mol. The normalized spacial score (nSPS) is 18.8. The number of hydrogen-bond donors (Lipinski definition) is 1. The fourth-order valence-electron chi connectivity index (χ4n) is 2.25. The molecule has 1 atom stereocenters. The first-order valence-electron chi connectivity index (χ1n) is 6.59. The molecule has 1 aliphatic rings. The second-order valence-corrected chi connectivity index (χ2v) is 5.64. The minimum absolute atomic E-state index is 0. The van der Waals surface area contributed by atoms with Gasteiger partial charge in [0.15, 0.2) is 0 Å². The van der Waals surface area contributed by atoms with E-state index >= 15 is 0 Å². The first-order valence-corrected chi connectivity index (χ1v) is 7.38. The third-order valence-corrected chi connectivity index (χ3v) is 3.82. The van der Waals surface area contributed by atoms with Crippen molar-refractivity contribution in [3.63, 3.8) is 0 Å². The van der Waals surface area contributed by atoms with Crippen molar-refractivity contribution in [1.29, 1.82) is 0 Å². The Morgan fingerprint density at radius 3 is 2.80 bits per heavy atom. The molecule has 1 fully saturated rings. The van der Waals surface area contributed by atoms with E-state index in [4.69, 9.17) is 4.74 Å². The first kappa shape index (κ1) is 20.0. The van der Waals surface area contributed by atoms with Crippen molar-refractivity contribution in [2.24, 2.45) is 0 Å². The molecule has 1 aromatic carbocycles. The van der Waals surface area contributed by atoms with Crippen molar-refractivity contribution in [2.75, 3.05) is 32.8 Å². The molecule has 1 aliphatic heterocycles. The fourth-order valence-corrected chi connectivity index (χ4v) is 2.65. The smallest absolute Gasteiger partial charge is 0.133 e. The Bertz CT molecular complexity index is 382. The molecule has 20 heavy (non-hydrogen) atoms. The van der Waals surface area contributed by atoms with E-state index in [0.29, 0.717) is 6.04 Å². The number of nitrogens with zero attached hydrogens (tertiary/aromatic N) is 1. The predicted molar refractivity (Wildman–Crippen MR) is 92.7 cm³/mol. The van der Waals surface area contributed by atoms with Gasteiger partial charge in [-0.05, 0) is 41.4 Å². The molecule has 1 heterocycles. The van der Waals surface area contributed by atoms with Crippen LogP contribution in [0.15, 0.2) is 28.7 Å². The van der Waals surface area contributed by atoms with E-state index in [1.165, 1.54) is 0 Å². The molecule has 1 aromatic rings. The van der Waals surface area contributed by atoms with E-state index in [0.717, 1.165) is 49.4 Å². The van der Waals surface area contributed by atoms with Gasteiger partial charge >= 0.3 is 0 Å². The van der Waals surface area contributed by atoms with Gasteiger partial charge in [0.2, 0.25) is 0 Å². The van der Waals surface area contributed by atoms with Gasteiger partial charge in [-0.25, -0.2) is 0 Å². The monoisotopic (exact) mass is 384 g/mol. The van der Waals surface area contributed by atoms with E-state index in [1.807, 2.05) is 24.3 Å². The van der Waals surface area contributed by atoms with Crippen molar-refractivity contribution >= 4 is 40.7 Å². The molecule has 0 aromatic heterocycles. The number of ether oxygens (including phenoxy) is 1. The zero-order chi connectivity index (χ0) is 12.8. The van der Waals surface area contributed by atoms with Crippen LogP contribution in [0.3, 0.4) is 0 Å². The maximum atomic E-state index is 5.77. The van der Waals surface area contributed by atoms with Crippen molar-refractivity contribution in [3.8, 4) is 5.75 Å². The van der Waals surface area contributed by atoms with Crippen molar-refractivity contribution in [2.45, 2.75) is 19.4 Å². The Labute approximate surface area is 142 Å². The van der Waals surface area contributed by atoms with Crippen LogP contribution in [0.4, 0.5) is 0 Å². The summed E-state index contributed by atoms with van der Waals surface area (Å²) in [5.74, 6) is 0.936. The summed E-state index contributed by atoms with van der Waals surface area (Å²) < 4.78 is 6.79. The zero-order valence-electron chi connectivity index (χ0n) is 11.7. The second-order valence-electron chi connectivity index (χ2n) is 4.79. The van der Waals surface area contributed by atoms with Gasteiger partial charge in [-0.3, -0.25) is 0 Å². The lowest BCUT2D eigenvalue weighted by atomic mass is 10.2. The standard InChI is InChI=1S/C14H21BrN2O.2ClH/c1-12-11-17(9-7-16-12)8-4-10-18-14-6-3-2-5-13(14)15;;/h2-3,5-6,12,16H,4,7-11H2,1H3;2*1H. The number of piperazine rings is 1. The Balaban J connectivity index is 0.00000180. The number of benzene rings is 1. The van der Waals surface area contributed by atoms with Crippen molar-refractivity contribution in [1.82, 2.24) is 10.2 Å². The largest absolute Gasteiger partial charge is 0.492 e. The van der Waals surface area contributed by atoms with E-state index < -0.39 is 0 Å². The number of para-hydroxylation sites is 1. The van der Waals surface area contributed by atoms with Crippen LogP contribution in [0.25, 0.3) is 0 Å². The van der Waals surface area contributed by atoms with Crippen LogP contribution in [-0.2, 0) is 0 Å². The fraction of sp³-hybridized carbons (Fsp3) is 0.571. The van der Waals surface area contributed by atoms with Crippen LogP contribution >= 0.6 is 40.7 Å². The molecule has 116 valence electrons. The molecule has 1 N–H and O–H groups in total. The molecule has 6 heteroatoms. The molecular formula is C14H23BrCl2N2O. The minimum atomic E-state index is 0. The van der Waals surface area contributed by atoms with E-state index in [2.05, 4.69) is 33.1 Å². The highest BCUT2D eigenvalue weighted by Gasteiger charge is 2.14. The van der Waals surface area contributed by atoms with E-state index in [-0.39, 0.29) is 24.8 Å². The number of nitrogens with one attached hydrogen (secondary N) is 1. The number of rotatable bonds is 5. The van der Waals surface area contributed by atoms with Crippen LogP contribution in [0.1, 0.15) is 13.3 Å². The Morgan fingerprint density at radius 1 is 1.35 bits per heavy atom. The Kier molecular flexibility index (Phi) is 10.7. The molecule has 1 saturated heterocycles. The third kappa shape index (κ3) is 6.64. The Morgan fingerprint density at radius 2 is 2.10 bits per heavy atom. The lowest BCUT2D eigenvalue weighted by Crippen LogP contribution is -2.49. The summed E-state index contributed by atoms with van der Waals surface area (Å²) >= 11 is 3.49. The van der Waals surface area contributed by atoms with Crippen LogP contribution < -0.4 is 10.1 Å². The molecule has 0 aliphatic carbocycles. The average molecular weight is 386 g/mol.